The van der Waals surface area contributed by atoms with Crippen LogP contribution in [0.2, 0.25) is 5.02 Å². The lowest BCUT2D eigenvalue weighted by atomic mass is 10.3. The number of rotatable bonds is 1. The monoisotopic (exact) mass is 322 g/mol. The number of halogens is 2. The lowest BCUT2D eigenvalue weighted by Gasteiger charge is -1.98. The molecular formula is C12H8BrClN4. The fraction of sp³-hybridized carbons (Fsp3) is 0. The maximum Gasteiger partial charge on any atom is 0.129 e. The van der Waals surface area contributed by atoms with Crippen molar-refractivity contribution >= 4 is 44.3 Å². The number of nitrogen functional groups attached to an aromatic ring is 1. The van der Waals surface area contributed by atoms with E-state index in [0.29, 0.717) is 10.7 Å². The Hall–Kier alpha value is -1.59. The molecule has 0 radical (unpaired) electrons. The van der Waals surface area contributed by atoms with Gasteiger partial charge in [0, 0.05) is 10.7 Å². The van der Waals surface area contributed by atoms with Crippen LogP contribution in [0.4, 0.5) is 5.69 Å². The molecule has 3 rings (SSSR count). The van der Waals surface area contributed by atoms with Crippen LogP contribution in [0.1, 0.15) is 0 Å². The first-order chi connectivity index (χ1) is 8.65. The summed E-state index contributed by atoms with van der Waals surface area (Å²) < 4.78 is 0.758. The zero-order chi connectivity index (χ0) is 12.7. The first-order valence-corrected chi connectivity index (χ1v) is 6.39. The van der Waals surface area contributed by atoms with Gasteiger partial charge in [0.1, 0.15) is 11.0 Å². The average Bonchev–Trinajstić information content (AvgIpc) is 2.79. The number of aromatic nitrogens is 3. The zero-order valence-corrected chi connectivity index (χ0v) is 11.5. The molecule has 18 heavy (non-hydrogen) atoms. The van der Waals surface area contributed by atoms with Gasteiger partial charge in [-0.15, -0.1) is 10.2 Å². The lowest BCUT2D eigenvalue weighted by molar-refractivity contribution is 0.765. The van der Waals surface area contributed by atoms with E-state index < -0.39 is 0 Å². The normalized spacial score (nSPS) is 11.0. The number of nitrogens with zero attached hydrogens (tertiary/aromatic N) is 3. The molecule has 0 saturated heterocycles. The molecule has 0 fully saturated rings. The molecular weight excluding hydrogens is 316 g/mol. The molecule has 1 heterocycles. The molecule has 2 N–H and O–H groups in total. The Morgan fingerprint density at radius 2 is 2.00 bits per heavy atom. The molecule has 0 bridgehead atoms. The predicted octanol–water partition coefficient (Wildman–Crippen LogP) is 3.42. The van der Waals surface area contributed by atoms with Gasteiger partial charge in [0.05, 0.1) is 10.2 Å². The topological polar surface area (TPSA) is 56.7 Å². The summed E-state index contributed by atoms with van der Waals surface area (Å²) in [5, 5.41) is 9.44. The molecule has 0 spiro atoms. The molecule has 90 valence electrons. The van der Waals surface area contributed by atoms with Crippen LogP contribution in [0.15, 0.2) is 40.9 Å². The van der Waals surface area contributed by atoms with Crippen molar-refractivity contribution in [1.29, 1.82) is 0 Å². The Kier molecular flexibility index (Phi) is 2.72. The fourth-order valence-electron chi connectivity index (χ4n) is 1.68. The summed E-state index contributed by atoms with van der Waals surface area (Å²) in [4.78, 5) is 1.54. The number of nitrogens with two attached hydrogens (primary N) is 1. The minimum atomic E-state index is 0.639. The van der Waals surface area contributed by atoms with Crippen molar-refractivity contribution < 1.29 is 0 Å². The van der Waals surface area contributed by atoms with E-state index in [0.717, 1.165) is 21.2 Å². The van der Waals surface area contributed by atoms with Crippen molar-refractivity contribution in [3.8, 4) is 5.69 Å². The maximum atomic E-state index is 5.95. The van der Waals surface area contributed by atoms with Crippen LogP contribution in [-0.2, 0) is 0 Å². The van der Waals surface area contributed by atoms with E-state index in [-0.39, 0.29) is 0 Å². The summed E-state index contributed by atoms with van der Waals surface area (Å²) in [7, 11) is 0. The molecule has 0 aliphatic carbocycles. The van der Waals surface area contributed by atoms with Gasteiger partial charge in [-0.05, 0) is 46.3 Å². The maximum absolute atomic E-state index is 5.95. The third-order valence-electron chi connectivity index (χ3n) is 2.56. The molecule has 6 heteroatoms. The van der Waals surface area contributed by atoms with Crippen molar-refractivity contribution in [2.45, 2.75) is 0 Å². The molecule has 0 aliphatic heterocycles. The summed E-state index contributed by atoms with van der Waals surface area (Å²) in [5.74, 6) is 0. The quantitative estimate of drug-likeness (QED) is 0.698. The average molecular weight is 324 g/mol. The van der Waals surface area contributed by atoms with Crippen molar-refractivity contribution in [2.75, 3.05) is 5.73 Å². The van der Waals surface area contributed by atoms with Gasteiger partial charge in [-0.1, -0.05) is 17.7 Å². The number of fused-ring (bicyclic) bond motifs is 1. The fourth-order valence-corrected chi connectivity index (χ4v) is 2.28. The SMILES string of the molecule is Nc1ccc2nn(-c3cccc(Cl)c3)nc2c1Br. The van der Waals surface area contributed by atoms with Crippen LogP contribution >= 0.6 is 27.5 Å². The second-order valence-corrected chi connectivity index (χ2v) is 5.04. The summed E-state index contributed by atoms with van der Waals surface area (Å²) in [5.41, 5.74) is 8.77. The van der Waals surface area contributed by atoms with Gasteiger partial charge in [0.2, 0.25) is 0 Å². The first-order valence-electron chi connectivity index (χ1n) is 5.22. The van der Waals surface area contributed by atoms with Gasteiger partial charge >= 0.3 is 0 Å². The highest BCUT2D eigenvalue weighted by Crippen LogP contribution is 2.27. The molecule has 0 saturated carbocycles. The molecule has 0 amide bonds. The van der Waals surface area contributed by atoms with Crippen LogP contribution in [0, 0.1) is 0 Å². The van der Waals surface area contributed by atoms with Crippen molar-refractivity contribution in [1.82, 2.24) is 15.0 Å². The highest BCUT2D eigenvalue weighted by atomic mass is 79.9. The zero-order valence-electron chi connectivity index (χ0n) is 9.14. The van der Waals surface area contributed by atoms with E-state index in [4.69, 9.17) is 17.3 Å². The largest absolute Gasteiger partial charge is 0.398 e. The third-order valence-corrected chi connectivity index (χ3v) is 3.63. The van der Waals surface area contributed by atoms with Gasteiger partial charge in [0.15, 0.2) is 0 Å². The Morgan fingerprint density at radius 1 is 1.17 bits per heavy atom. The standard InChI is InChI=1S/C12H8BrClN4/c13-11-9(15)4-5-10-12(11)17-18(16-10)8-3-1-2-7(14)6-8/h1-6H,15H2. The highest BCUT2D eigenvalue weighted by Gasteiger charge is 2.09. The number of hydrogen-bond acceptors (Lipinski definition) is 3. The van der Waals surface area contributed by atoms with Gasteiger partial charge < -0.3 is 5.73 Å². The Labute approximate surface area is 116 Å². The predicted molar refractivity (Wildman–Crippen MR) is 76.0 cm³/mol. The number of hydrogen-bond donors (Lipinski definition) is 1. The van der Waals surface area contributed by atoms with Crippen molar-refractivity contribution in [3.05, 3.63) is 45.9 Å². The van der Waals surface area contributed by atoms with Crippen LogP contribution in [0.3, 0.4) is 0 Å². The Balaban J connectivity index is 2.23. The summed E-state index contributed by atoms with van der Waals surface area (Å²) >= 11 is 9.37. The van der Waals surface area contributed by atoms with Crippen LogP contribution in [0.25, 0.3) is 16.7 Å². The molecule has 0 atom stereocenters. The second-order valence-electron chi connectivity index (χ2n) is 3.81. The van der Waals surface area contributed by atoms with Crippen LogP contribution in [0.5, 0.6) is 0 Å². The number of anilines is 1. The van der Waals surface area contributed by atoms with Gasteiger partial charge in [0.25, 0.3) is 0 Å². The van der Waals surface area contributed by atoms with E-state index in [1.54, 1.807) is 16.9 Å². The van der Waals surface area contributed by atoms with Crippen LogP contribution < -0.4 is 5.73 Å². The van der Waals surface area contributed by atoms with Crippen molar-refractivity contribution in [2.24, 2.45) is 0 Å². The second kappa shape index (κ2) is 4.26. The molecule has 1 aromatic heterocycles. The van der Waals surface area contributed by atoms with Gasteiger partial charge in [-0.3, -0.25) is 0 Å². The Bertz CT molecular complexity index is 738. The number of benzene rings is 2. The molecule has 4 nitrogen and oxygen atoms in total. The molecule has 0 aliphatic rings. The van der Waals surface area contributed by atoms with Crippen molar-refractivity contribution in [3.63, 3.8) is 0 Å². The third kappa shape index (κ3) is 1.85. The first kappa shape index (κ1) is 11.5. The summed E-state index contributed by atoms with van der Waals surface area (Å²) in [6.07, 6.45) is 0. The summed E-state index contributed by atoms with van der Waals surface area (Å²) in [6, 6.07) is 11.0. The Morgan fingerprint density at radius 3 is 2.78 bits per heavy atom. The van der Waals surface area contributed by atoms with E-state index in [9.17, 15) is 0 Å². The van der Waals surface area contributed by atoms with E-state index in [2.05, 4.69) is 26.1 Å². The van der Waals surface area contributed by atoms with Crippen LogP contribution in [-0.4, -0.2) is 15.0 Å². The van der Waals surface area contributed by atoms with E-state index >= 15 is 0 Å². The molecule has 0 unspecified atom stereocenters. The minimum Gasteiger partial charge on any atom is -0.398 e. The van der Waals surface area contributed by atoms with Gasteiger partial charge in [-0.25, -0.2) is 0 Å². The van der Waals surface area contributed by atoms with Gasteiger partial charge in [-0.2, -0.15) is 4.80 Å². The summed E-state index contributed by atoms with van der Waals surface area (Å²) in [6.45, 7) is 0. The lowest BCUT2D eigenvalue weighted by Crippen LogP contribution is -1.97. The van der Waals surface area contributed by atoms with E-state index in [1.807, 2.05) is 24.3 Å². The molecule has 2 aromatic carbocycles. The van der Waals surface area contributed by atoms with E-state index in [1.165, 1.54) is 0 Å². The minimum absolute atomic E-state index is 0.639. The molecule has 3 aromatic rings. The highest BCUT2D eigenvalue weighted by molar-refractivity contribution is 9.10. The smallest absolute Gasteiger partial charge is 0.129 e.